The van der Waals surface area contributed by atoms with Crippen molar-refractivity contribution in [2.75, 3.05) is 7.11 Å². The summed E-state index contributed by atoms with van der Waals surface area (Å²) in [5.74, 6) is 0.665. The third kappa shape index (κ3) is 4.53. The van der Waals surface area contributed by atoms with Crippen molar-refractivity contribution >= 4 is 50.6 Å². The van der Waals surface area contributed by atoms with E-state index < -0.39 is 5.25 Å². The number of thioether (sulfide) groups is 1. The summed E-state index contributed by atoms with van der Waals surface area (Å²) in [5.41, 5.74) is 1.81. The highest BCUT2D eigenvalue weighted by Crippen LogP contribution is 2.34. The van der Waals surface area contributed by atoms with Crippen LogP contribution in [0.5, 0.6) is 5.75 Å². The van der Waals surface area contributed by atoms with E-state index in [1.165, 1.54) is 27.7 Å². The summed E-state index contributed by atoms with van der Waals surface area (Å²) in [6.45, 7) is 2.24. The number of carbonyl (C=O) groups excluding carboxylic acids is 1. The number of rotatable bonds is 7. The van der Waals surface area contributed by atoms with Crippen LogP contribution in [0.2, 0.25) is 0 Å². The summed E-state index contributed by atoms with van der Waals surface area (Å²) in [6.07, 6.45) is 0. The highest BCUT2D eigenvalue weighted by molar-refractivity contribution is 8.00. The van der Waals surface area contributed by atoms with Gasteiger partial charge in [0.15, 0.2) is 5.16 Å². The lowest BCUT2D eigenvalue weighted by atomic mass is 10.2. The Kier molecular flexibility index (Phi) is 6.45. The zero-order valence-corrected chi connectivity index (χ0v) is 19.7. The fourth-order valence-corrected chi connectivity index (χ4v) is 5.76. The molecule has 1 N–H and O–H groups in total. The van der Waals surface area contributed by atoms with Gasteiger partial charge in [0.2, 0.25) is 5.91 Å². The van der Waals surface area contributed by atoms with Crippen molar-refractivity contribution in [2.24, 2.45) is 7.05 Å². The molecule has 1 amide bonds. The van der Waals surface area contributed by atoms with Crippen LogP contribution < -0.4 is 15.6 Å². The Hall–Kier alpha value is -2.62. The van der Waals surface area contributed by atoms with Crippen molar-refractivity contribution in [3.8, 4) is 16.2 Å². The SMILES string of the molecule is COc1ccc(CNC(=O)C(C)Sc2nc3scc(-c4cccs4)c3c(=O)n2C)cc1. The molecule has 0 radical (unpaired) electrons. The molecule has 0 aliphatic rings. The number of hydrogen-bond donors (Lipinski definition) is 1. The number of ether oxygens (including phenoxy) is 1. The highest BCUT2D eigenvalue weighted by atomic mass is 32.2. The van der Waals surface area contributed by atoms with E-state index in [9.17, 15) is 9.59 Å². The molecule has 1 aromatic carbocycles. The molecule has 160 valence electrons. The second kappa shape index (κ2) is 9.25. The lowest BCUT2D eigenvalue weighted by Gasteiger charge is -2.14. The molecule has 0 saturated heterocycles. The van der Waals surface area contributed by atoms with Crippen molar-refractivity contribution in [3.63, 3.8) is 0 Å². The van der Waals surface area contributed by atoms with E-state index in [2.05, 4.69) is 10.3 Å². The topological polar surface area (TPSA) is 73.2 Å². The molecule has 0 aliphatic heterocycles. The number of thiophene rings is 2. The smallest absolute Gasteiger partial charge is 0.263 e. The van der Waals surface area contributed by atoms with Gasteiger partial charge in [0.25, 0.3) is 5.56 Å². The maximum absolute atomic E-state index is 13.1. The predicted octanol–water partition coefficient (Wildman–Crippen LogP) is 4.53. The molecule has 4 rings (SSSR count). The quantitative estimate of drug-likeness (QED) is 0.317. The van der Waals surface area contributed by atoms with Crippen molar-refractivity contribution < 1.29 is 9.53 Å². The van der Waals surface area contributed by atoms with Crippen molar-refractivity contribution in [3.05, 3.63) is 63.1 Å². The van der Waals surface area contributed by atoms with E-state index in [0.29, 0.717) is 21.9 Å². The number of benzene rings is 1. The van der Waals surface area contributed by atoms with Crippen molar-refractivity contribution in [1.29, 1.82) is 0 Å². The minimum atomic E-state index is -0.398. The number of aromatic nitrogens is 2. The molecule has 0 saturated carbocycles. The van der Waals surface area contributed by atoms with Crippen LogP contribution in [0.15, 0.2) is 57.1 Å². The summed E-state index contributed by atoms with van der Waals surface area (Å²) in [6, 6.07) is 11.5. The van der Waals surface area contributed by atoms with Crippen molar-refractivity contribution in [1.82, 2.24) is 14.9 Å². The van der Waals surface area contributed by atoms with E-state index in [4.69, 9.17) is 4.74 Å². The second-order valence-electron chi connectivity index (χ2n) is 6.89. The average Bonchev–Trinajstić information content (AvgIpc) is 3.45. The van der Waals surface area contributed by atoms with Gasteiger partial charge in [0.1, 0.15) is 10.6 Å². The summed E-state index contributed by atoms with van der Waals surface area (Å²) < 4.78 is 6.68. The molecule has 3 aromatic heterocycles. The van der Waals surface area contributed by atoms with Gasteiger partial charge in [-0.05, 0) is 36.1 Å². The number of carbonyl (C=O) groups is 1. The molecule has 6 nitrogen and oxygen atoms in total. The molecule has 3 heterocycles. The highest BCUT2D eigenvalue weighted by Gasteiger charge is 2.20. The van der Waals surface area contributed by atoms with E-state index in [1.54, 1.807) is 25.5 Å². The molecule has 1 atom stereocenters. The van der Waals surface area contributed by atoms with Crippen LogP contribution in [-0.4, -0.2) is 27.8 Å². The lowest BCUT2D eigenvalue weighted by Crippen LogP contribution is -2.31. The van der Waals surface area contributed by atoms with Crippen LogP contribution in [0.25, 0.3) is 20.7 Å². The Bertz CT molecular complexity index is 1260. The molecule has 1 unspecified atom stereocenters. The van der Waals surface area contributed by atoms with Gasteiger partial charge in [0.05, 0.1) is 17.7 Å². The van der Waals surface area contributed by atoms with E-state index in [1.807, 2.05) is 54.1 Å². The number of hydrogen-bond acceptors (Lipinski definition) is 7. The minimum Gasteiger partial charge on any atom is -0.497 e. The third-order valence-electron chi connectivity index (χ3n) is 4.84. The predicted molar refractivity (Wildman–Crippen MR) is 128 cm³/mol. The summed E-state index contributed by atoms with van der Waals surface area (Å²) >= 11 is 4.34. The molecule has 31 heavy (non-hydrogen) atoms. The fourth-order valence-electron chi connectivity index (χ4n) is 3.06. The normalized spacial score (nSPS) is 12.1. The first kappa shape index (κ1) is 21.6. The maximum Gasteiger partial charge on any atom is 0.263 e. The van der Waals surface area contributed by atoms with Gasteiger partial charge in [-0.25, -0.2) is 4.98 Å². The number of methoxy groups -OCH3 is 1. The summed E-state index contributed by atoms with van der Waals surface area (Å²) in [4.78, 5) is 32.1. The molecule has 9 heteroatoms. The summed E-state index contributed by atoms with van der Waals surface area (Å²) in [5, 5.41) is 7.68. The Balaban J connectivity index is 1.49. The number of nitrogens with one attached hydrogen (secondary N) is 1. The first-order valence-corrected chi connectivity index (χ1v) is 12.2. The second-order valence-corrected chi connectivity index (χ2v) is 10.0. The van der Waals surface area contributed by atoms with E-state index in [-0.39, 0.29) is 11.5 Å². The average molecular weight is 472 g/mol. The third-order valence-corrected chi connectivity index (χ3v) is 7.76. The molecular formula is C22H21N3O3S3. The lowest BCUT2D eigenvalue weighted by molar-refractivity contribution is -0.120. The Morgan fingerprint density at radius 1 is 1.26 bits per heavy atom. The Labute approximate surface area is 191 Å². The summed E-state index contributed by atoms with van der Waals surface area (Å²) in [7, 11) is 3.32. The van der Waals surface area contributed by atoms with Crippen molar-refractivity contribution in [2.45, 2.75) is 23.9 Å². The van der Waals surface area contributed by atoms with Gasteiger partial charge in [-0.1, -0.05) is 30.0 Å². The zero-order chi connectivity index (χ0) is 22.0. The van der Waals surface area contributed by atoms with Gasteiger partial charge >= 0.3 is 0 Å². The molecule has 0 spiro atoms. The zero-order valence-electron chi connectivity index (χ0n) is 17.2. The Morgan fingerprint density at radius 2 is 2.03 bits per heavy atom. The molecule has 4 aromatic rings. The number of nitrogens with zero attached hydrogens (tertiary/aromatic N) is 2. The van der Waals surface area contributed by atoms with Gasteiger partial charge in [-0.3, -0.25) is 14.2 Å². The first-order valence-electron chi connectivity index (χ1n) is 9.57. The molecule has 0 aliphatic carbocycles. The Morgan fingerprint density at radius 3 is 2.71 bits per heavy atom. The molecular weight excluding hydrogens is 450 g/mol. The standard InChI is InChI=1S/C22H21N3O3S3/c1-13(19(26)23-11-14-6-8-15(28-3)9-7-14)31-22-24-20-18(21(27)25(22)2)16(12-30-20)17-5-4-10-29-17/h4-10,12-13H,11H2,1-3H3,(H,23,26). The van der Waals surface area contributed by atoms with Crippen LogP contribution in [0.4, 0.5) is 0 Å². The van der Waals surface area contributed by atoms with Gasteiger partial charge in [0, 0.05) is 29.4 Å². The van der Waals surface area contributed by atoms with Crippen LogP contribution >= 0.6 is 34.4 Å². The number of amides is 1. The van der Waals surface area contributed by atoms with Gasteiger partial charge < -0.3 is 10.1 Å². The maximum atomic E-state index is 13.1. The molecule has 0 fully saturated rings. The van der Waals surface area contributed by atoms with Gasteiger partial charge in [-0.2, -0.15) is 0 Å². The fraction of sp³-hybridized carbons (Fsp3) is 0.227. The van der Waals surface area contributed by atoms with E-state index in [0.717, 1.165) is 21.8 Å². The van der Waals surface area contributed by atoms with E-state index >= 15 is 0 Å². The monoisotopic (exact) mass is 471 g/mol. The number of fused-ring (bicyclic) bond motifs is 1. The van der Waals surface area contributed by atoms with Crippen LogP contribution in [-0.2, 0) is 18.4 Å². The van der Waals surface area contributed by atoms with Crippen LogP contribution in [0, 0.1) is 0 Å². The van der Waals surface area contributed by atoms with Gasteiger partial charge in [-0.15, -0.1) is 22.7 Å². The first-order chi connectivity index (χ1) is 15.0. The van der Waals surface area contributed by atoms with Crippen LogP contribution in [0.1, 0.15) is 12.5 Å². The minimum absolute atomic E-state index is 0.0945. The largest absolute Gasteiger partial charge is 0.497 e. The molecule has 0 bridgehead atoms. The van der Waals surface area contributed by atoms with Crippen LogP contribution in [0.3, 0.4) is 0 Å².